The van der Waals surface area contributed by atoms with E-state index in [0.29, 0.717) is 21.9 Å². The Morgan fingerprint density at radius 3 is 2.58 bits per heavy atom. The van der Waals surface area contributed by atoms with Crippen LogP contribution in [0.2, 0.25) is 0 Å². The molecule has 7 heteroatoms. The summed E-state index contributed by atoms with van der Waals surface area (Å²) >= 11 is 2.68. The lowest BCUT2D eigenvalue weighted by Gasteiger charge is -2.13. The molecule has 2 aromatic heterocycles. The van der Waals surface area contributed by atoms with Gasteiger partial charge in [0.05, 0.1) is 17.8 Å². The molecule has 0 spiro atoms. The average Bonchev–Trinajstić information content (AvgIpc) is 3.22. The Balaban J connectivity index is 1.59. The van der Waals surface area contributed by atoms with Crippen LogP contribution < -0.4 is 10.9 Å². The Hall–Kier alpha value is -2.90. The number of hydrogen-bond acceptors (Lipinski definition) is 5. The molecule has 0 aliphatic heterocycles. The van der Waals surface area contributed by atoms with Gasteiger partial charge < -0.3 is 5.32 Å². The van der Waals surface area contributed by atoms with Gasteiger partial charge in [-0.15, -0.1) is 11.3 Å². The number of hydrogen-bond donors (Lipinski definition) is 1. The fraction of sp³-hybridized carbons (Fsp3) is 0.208. The van der Waals surface area contributed by atoms with E-state index in [1.807, 2.05) is 48.7 Å². The van der Waals surface area contributed by atoms with Crippen molar-refractivity contribution in [2.24, 2.45) is 0 Å². The summed E-state index contributed by atoms with van der Waals surface area (Å²) in [6.07, 6.45) is 0. The fourth-order valence-corrected chi connectivity index (χ4v) is 4.80. The molecule has 4 aromatic rings. The van der Waals surface area contributed by atoms with Crippen molar-refractivity contribution >= 4 is 44.9 Å². The highest BCUT2D eigenvalue weighted by atomic mass is 32.2. The van der Waals surface area contributed by atoms with E-state index >= 15 is 0 Å². The lowest BCUT2D eigenvalue weighted by atomic mass is 10.1. The number of nitrogens with zero attached hydrogens (tertiary/aromatic N) is 2. The summed E-state index contributed by atoms with van der Waals surface area (Å²) in [5.74, 6) is 0.0364. The lowest BCUT2D eigenvalue weighted by molar-refractivity contribution is -0.113. The second kappa shape index (κ2) is 9.08. The Morgan fingerprint density at radius 1 is 1.06 bits per heavy atom. The van der Waals surface area contributed by atoms with Crippen LogP contribution >= 0.6 is 23.1 Å². The first-order valence-electron chi connectivity index (χ1n) is 9.94. The van der Waals surface area contributed by atoms with Gasteiger partial charge in [0, 0.05) is 5.69 Å². The lowest BCUT2D eigenvalue weighted by Crippen LogP contribution is -2.24. The highest BCUT2D eigenvalue weighted by Crippen LogP contribution is 2.22. The highest BCUT2D eigenvalue weighted by molar-refractivity contribution is 7.99. The van der Waals surface area contributed by atoms with Crippen molar-refractivity contribution in [2.75, 3.05) is 11.1 Å². The molecule has 2 aromatic carbocycles. The van der Waals surface area contributed by atoms with E-state index in [9.17, 15) is 9.59 Å². The smallest absolute Gasteiger partial charge is 0.272 e. The van der Waals surface area contributed by atoms with E-state index < -0.39 is 0 Å². The molecule has 0 unspecified atom stereocenters. The largest absolute Gasteiger partial charge is 0.325 e. The first-order chi connectivity index (χ1) is 14.9. The second-order valence-electron chi connectivity index (χ2n) is 7.54. The maximum absolute atomic E-state index is 13.2. The quantitative estimate of drug-likeness (QED) is 0.326. The van der Waals surface area contributed by atoms with Gasteiger partial charge in [-0.05, 0) is 61.0 Å². The van der Waals surface area contributed by atoms with Gasteiger partial charge in [0.2, 0.25) is 5.91 Å². The number of thiophene rings is 1. The number of carbonyl (C=O) groups is 1. The number of benzene rings is 2. The van der Waals surface area contributed by atoms with Gasteiger partial charge >= 0.3 is 0 Å². The zero-order valence-corrected chi connectivity index (χ0v) is 19.3. The first-order valence-corrected chi connectivity index (χ1v) is 11.8. The SMILES string of the molecule is Cc1ccc(NC(=O)CSc2nc3ccsc3c(=O)n2Cc2ccc(C)c(C)c2)cc1. The standard InChI is InChI=1S/C24H23N3O2S2/c1-15-4-8-19(9-5-15)25-21(28)14-31-24-26-20-10-11-30-22(20)23(29)27(24)13-18-7-6-16(2)17(3)12-18/h4-12H,13-14H2,1-3H3,(H,25,28). The summed E-state index contributed by atoms with van der Waals surface area (Å²) in [6.45, 7) is 6.55. The molecule has 0 fully saturated rings. The molecule has 0 atom stereocenters. The van der Waals surface area contributed by atoms with E-state index in [0.717, 1.165) is 16.8 Å². The molecule has 4 rings (SSSR count). The number of nitrogens with one attached hydrogen (secondary N) is 1. The Labute approximate surface area is 189 Å². The number of rotatable bonds is 6. The van der Waals surface area contributed by atoms with Gasteiger partial charge in [-0.25, -0.2) is 4.98 Å². The van der Waals surface area contributed by atoms with Crippen molar-refractivity contribution < 1.29 is 4.79 Å². The minimum atomic E-state index is -0.133. The van der Waals surface area contributed by atoms with E-state index in [4.69, 9.17) is 0 Å². The van der Waals surface area contributed by atoms with Crippen molar-refractivity contribution in [3.05, 3.63) is 86.5 Å². The molecule has 0 aliphatic rings. The van der Waals surface area contributed by atoms with E-state index in [-0.39, 0.29) is 17.2 Å². The predicted molar refractivity (Wildman–Crippen MR) is 129 cm³/mol. The monoisotopic (exact) mass is 449 g/mol. The molecule has 0 bridgehead atoms. The normalized spacial score (nSPS) is 11.1. The van der Waals surface area contributed by atoms with Crippen molar-refractivity contribution in [1.82, 2.24) is 9.55 Å². The number of amides is 1. The first kappa shape index (κ1) is 21.3. The van der Waals surface area contributed by atoms with Crippen LogP contribution in [0.3, 0.4) is 0 Å². The molecule has 0 radical (unpaired) electrons. The molecular formula is C24H23N3O2S2. The zero-order valence-electron chi connectivity index (χ0n) is 17.6. The number of fused-ring (bicyclic) bond motifs is 1. The van der Waals surface area contributed by atoms with Gasteiger partial charge in [-0.3, -0.25) is 14.2 Å². The van der Waals surface area contributed by atoms with E-state index in [1.54, 1.807) is 4.57 Å². The summed E-state index contributed by atoms with van der Waals surface area (Å²) in [4.78, 5) is 30.3. The van der Waals surface area contributed by atoms with E-state index in [2.05, 4.69) is 36.3 Å². The number of anilines is 1. The molecule has 31 heavy (non-hydrogen) atoms. The van der Waals surface area contributed by atoms with Crippen LogP contribution in [0.25, 0.3) is 10.2 Å². The van der Waals surface area contributed by atoms with Crippen molar-refractivity contribution in [1.29, 1.82) is 0 Å². The van der Waals surface area contributed by atoms with Crippen LogP contribution in [0.15, 0.2) is 63.9 Å². The highest BCUT2D eigenvalue weighted by Gasteiger charge is 2.15. The number of carbonyl (C=O) groups excluding carboxylic acids is 1. The molecule has 5 nitrogen and oxygen atoms in total. The molecule has 0 saturated heterocycles. The summed E-state index contributed by atoms with van der Waals surface area (Å²) in [5, 5.41) is 5.32. The summed E-state index contributed by atoms with van der Waals surface area (Å²) in [5.41, 5.74) is 5.93. The third kappa shape index (κ3) is 4.89. The third-order valence-corrected chi connectivity index (χ3v) is 6.98. The number of aryl methyl sites for hydroxylation is 3. The van der Waals surface area contributed by atoms with Crippen LogP contribution in [0.5, 0.6) is 0 Å². The summed E-state index contributed by atoms with van der Waals surface area (Å²) in [6, 6.07) is 15.7. The molecular weight excluding hydrogens is 426 g/mol. The van der Waals surface area contributed by atoms with Crippen LogP contribution in [0, 0.1) is 20.8 Å². The number of thioether (sulfide) groups is 1. The Kier molecular flexibility index (Phi) is 6.25. The molecule has 158 valence electrons. The third-order valence-electron chi connectivity index (χ3n) is 5.11. The maximum atomic E-state index is 13.2. The summed E-state index contributed by atoms with van der Waals surface area (Å²) < 4.78 is 2.31. The zero-order chi connectivity index (χ0) is 22.0. The number of aromatic nitrogens is 2. The Bertz CT molecular complexity index is 1310. The average molecular weight is 450 g/mol. The van der Waals surface area contributed by atoms with Crippen molar-refractivity contribution in [2.45, 2.75) is 32.5 Å². The second-order valence-corrected chi connectivity index (χ2v) is 9.40. The minimum Gasteiger partial charge on any atom is -0.325 e. The molecule has 0 saturated carbocycles. The molecule has 0 aliphatic carbocycles. The van der Waals surface area contributed by atoms with Gasteiger partial charge in [-0.1, -0.05) is 47.7 Å². The van der Waals surface area contributed by atoms with Crippen LogP contribution in [-0.2, 0) is 11.3 Å². The van der Waals surface area contributed by atoms with Crippen molar-refractivity contribution in [3.63, 3.8) is 0 Å². The topological polar surface area (TPSA) is 64.0 Å². The Morgan fingerprint density at radius 2 is 1.84 bits per heavy atom. The predicted octanol–water partition coefficient (Wildman–Crippen LogP) is 5.16. The van der Waals surface area contributed by atoms with Gasteiger partial charge in [0.25, 0.3) is 5.56 Å². The molecule has 1 amide bonds. The minimum absolute atomic E-state index is 0.0697. The van der Waals surface area contributed by atoms with Crippen LogP contribution in [0.4, 0.5) is 5.69 Å². The van der Waals surface area contributed by atoms with Crippen LogP contribution in [-0.4, -0.2) is 21.2 Å². The van der Waals surface area contributed by atoms with Gasteiger partial charge in [0.15, 0.2) is 5.16 Å². The van der Waals surface area contributed by atoms with Crippen LogP contribution in [0.1, 0.15) is 22.3 Å². The molecule has 1 N–H and O–H groups in total. The maximum Gasteiger partial charge on any atom is 0.272 e. The fourth-order valence-electron chi connectivity index (χ4n) is 3.22. The van der Waals surface area contributed by atoms with E-state index in [1.165, 1.54) is 34.2 Å². The summed E-state index contributed by atoms with van der Waals surface area (Å²) in [7, 11) is 0. The van der Waals surface area contributed by atoms with Crippen molar-refractivity contribution in [3.8, 4) is 0 Å². The van der Waals surface area contributed by atoms with Gasteiger partial charge in [-0.2, -0.15) is 0 Å². The van der Waals surface area contributed by atoms with Gasteiger partial charge in [0.1, 0.15) is 4.70 Å². The molecule has 2 heterocycles.